The Bertz CT molecular complexity index is 339. The molecule has 96 valence electrons. The fourth-order valence-corrected chi connectivity index (χ4v) is 2.72. The molecule has 0 unspecified atom stereocenters. The van der Waals surface area contributed by atoms with Gasteiger partial charge in [0.25, 0.3) is 0 Å². The van der Waals surface area contributed by atoms with Crippen molar-refractivity contribution >= 4 is 0 Å². The minimum atomic E-state index is 0.430. The molecule has 1 aromatic heterocycles. The Hall–Kier alpha value is -0.870. The third-order valence-electron chi connectivity index (χ3n) is 3.80. The van der Waals surface area contributed by atoms with E-state index in [-0.39, 0.29) is 0 Å². The molecule has 0 amide bonds. The summed E-state index contributed by atoms with van der Waals surface area (Å²) in [4.78, 5) is 2.54. The number of aromatic nitrogens is 2. The van der Waals surface area contributed by atoms with Crippen LogP contribution >= 0.6 is 0 Å². The van der Waals surface area contributed by atoms with Crippen LogP contribution in [0.3, 0.4) is 0 Å². The molecule has 0 saturated heterocycles. The number of hydrogen-bond acceptors (Lipinski definition) is 3. The smallest absolute Gasteiger partial charge is 0.0764 e. The number of rotatable bonds is 4. The summed E-state index contributed by atoms with van der Waals surface area (Å²) in [6.45, 7) is 4.30. The van der Waals surface area contributed by atoms with E-state index in [0.717, 1.165) is 13.1 Å². The van der Waals surface area contributed by atoms with Crippen LogP contribution in [0.2, 0.25) is 0 Å². The average Bonchev–Trinajstić information content (AvgIpc) is 2.73. The minimum Gasteiger partial charge on any atom is -0.328 e. The first-order valence-corrected chi connectivity index (χ1v) is 6.67. The summed E-state index contributed by atoms with van der Waals surface area (Å²) in [6.07, 6.45) is 6.83. The van der Waals surface area contributed by atoms with Gasteiger partial charge in [-0.3, -0.25) is 9.58 Å². The molecule has 0 spiro atoms. The van der Waals surface area contributed by atoms with Crippen molar-refractivity contribution in [2.45, 2.75) is 51.2 Å². The number of nitrogens with two attached hydrogens (primary N) is 1. The standard InChI is InChI=1S/C13H24N4/c1-3-17(10-12-8-9-16(2)15-12)13-6-4-11(14)5-7-13/h8-9,11,13H,3-7,10,14H2,1-2H3. The molecule has 0 radical (unpaired) electrons. The second-order valence-corrected chi connectivity index (χ2v) is 5.11. The normalized spacial score (nSPS) is 25.4. The van der Waals surface area contributed by atoms with Crippen molar-refractivity contribution in [2.75, 3.05) is 6.54 Å². The Balaban J connectivity index is 1.92. The first-order valence-electron chi connectivity index (χ1n) is 6.67. The highest BCUT2D eigenvalue weighted by Gasteiger charge is 2.23. The van der Waals surface area contributed by atoms with E-state index in [1.165, 1.54) is 31.4 Å². The Kier molecular flexibility index (Phi) is 4.18. The van der Waals surface area contributed by atoms with Crippen molar-refractivity contribution in [3.63, 3.8) is 0 Å². The van der Waals surface area contributed by atoms with Crippen LogP contribution in [-0.4, -0.2) is 33.3 Å². The molecule has 1 aliphatic carbocycles. The molecule has 1 aromatic rings. The first kappa shape index (κ1) is 12.6. The van der Waals surface area contributed by atoms with Crippen LogP contribution < -0.4 is 5.73 Å². The molecule has 0 aromatic carbocycles. The van der Waals surface area contributed by atoms with Crippen molar-refractivity contribution in [3.8, 4) is 0 Å². The van der Waals surface area contributed by atoms with E-state index in [1.54, 1.807) is 0 Å². The zero-order valence-corrected chi connectivity index (χ0v) is 11.0. The van der Waals surface area contributed by atoms with E-state index in [4.69, 9.17) is 5.73 Å². The zero-order chi connectivity index (χ0) is 12.3. The molecule has 0 atom stereocenters. The van der Waals surface area contributed by atoms with E-state index in [9.17, 15) is 0 Å². The van der Waals surface area contributed by atoms with E-state index in [1.807, 2.05) is 17.9 Å². The van der Waals surface area contributed by atoms with Gasteiger partial charge in [-0.05, 0) is 38.3 Å². The molecule has 0 aliphatic heterocycles. The molecular weight excluding hydrogens is 212 g/mol. The van der Waals surface area contributed by atoms with E-state index >= 15 is 0 Å². The second-order valence-electron chi connectivity index (χ2n) is 5.11. The molecule has 0 bridgehead atoms. The summed E-state index contributed by atoms with van der Waals surface area (Å²) in [5, 5.41) is 4.46. The quantitative estimate of drug-likeness (QED) is 0.862. The fraction of sp³-hybridized carbons (Fsp3) is 0.769. The lowest BCUT2D eigenvalue weighted by atomic mass is 9.90. The maximum absolute atomic E-state index is 5.96. The van der Waals surface area contributed by atoms with E-state index in [0.29, 0.717) is 12.1 Å². The van der Waals surface area contributed by atoms with Crippen LogP contribution in [0, 0.1) is 0 Å². The Morgan fingerprint density at radius 3 is 2.65 bits per heavy atom. The third kappa shape index (κ3) is 3.30. The number of aryl methyl sites for hydroxylation is 1. The molecule has 4 nitrogen and oxygen atoms in total. The molecule has 4 heteroatoms. The topological polar surface area (TPSA) is 47.1 Å². The monoisotopic (exact) mass is 236 g/mol. The second kappa shape index (κ2) is 5.65. The SMILES string of the molecule is CCN(Cc1ccn(C)n1)C1CCC(N)CC1. The van der Waals surface area contributed by atoms with Crippen molar-refractivity contribution in [3.05, 3.63) is 18.0 Å². The summed E-state index contributed by atoms with van der Waals surface area (Å²) in [5.41, 5.74) is 7.13. The number of nitrogens with zero attached hydrogens (tertiary/aromatic N) is 3. The fourth-order valence-electron chi connectivity index (χ4n) is 2.72. The van der Waals surface area contributed by atoms with E-state index < -0.39 is 0 Å². The lowest BCUT2D eigenvalue weighted by Gasteiger charge is -2.35. The van der Waals surface area contributed by atoms with Gasteiger partial charge in [-0.1, -0.05) is 6.92 Å². The number of hydrogen-bond donors (Lipinski definition) is 1. The predicted octanol–water partition coefficient (Wildman–Crippen LogP) is 1.51. The van der Waals surface area contributed by atoms with Crippen LogP contribution in [0.25, 0.3) is 0 Å². The lowest BCUT2D eigenvalue weighted by molar-refractivity contribution is 0.147. The maximum Gasteiger partial charge on any atom is 0.0764 e. The maximum atomic E-state index is 5.96. The molecule has 17 heavy (non-hydrogen) atoms. The Morgan fingerprint density at radius 1 is 1.41 bits per heavy atom. The van der Waals surface area contributed by atoms with Gasteiger partial charge in [0, 0.05) is 31.9 Å². The summed E-state index contributed by atoms with van der Waals surface area (Å²) >= 11 is 0. The summed E-state index contributed by atoms with van der Waals surface area (Å²) in [5.74, 6) is 0. The van der Waals surface area contributed by atoms with Gasteiger partial charge in [-0.2, -0.15) is 5.10 Å². The highest BCUT2D eigenvalue weighted by Crippen LogP contribution is 2.23. The van der Waals surface area contributed by atoms with Crippen LogP contribution in [0.5, 0.6) is 0 Å². The lowest BCUT2D eigenvalue weighted by Crippen LogP contribution is -2.40. The summed E-state index contributed by atoms with van der Waals surface area (Å²) in [6, 6.07) is 3.23. The summed E-state index contributed by atoms with van der Waals surface area (Å²) < 4.78 is 1.87. The largest absolute Gasteiger partial charge is 0.328 e. The van der Waals surface area contributed by atoms with Gasteiger partial charge in [-0.15, -0.1) is 0 Å². The third-order valence-corrected chi connectivity index (χ3v) is 3.80. The predicted molar refractivity (Wildman–Crippen MR) is 69.5 cm³/mol. The van der Waals surface area contributed by atoms with Crippen LogP contribution in [-0.2, 0) is 13.6 Å². The van der Waals surface area contributed by atoms with Crippen LogP contribution in [0.1, 0.15) is 38.3 Å². The van der Waals surface area contributed by atoms with Gasteiger partial charge >= 0.3 is 0 Å². The molecule has 1 aliphatic rings. The summed E-state index contributed by atoms with van der Waals surface area (Å²) in [7, 11) is 1.97. The average molecular weight is 236 g/mol. The molecule has 1 heterocycles. The van der Waals surface area contributed by atoms with Crippen molar-refractivity contribution < 1.29 is 0 Å². The molecule has 1 fully saturated rings. The van der Waals surface area contributed by atoms with Gasteiger partial charge in [0.1, 0.15) is 0 Å². The molecule has 2 N–H and O–H groups in total. The van der Waals surface area contributed by atoms with Gasteiger partial charge in [0.05, 0.1) is 5.69 Å². The Labute approximate surface area is 104 Å². The van der Waals surface area contributed by atoms with Crippen molar-refractivity contribution in [1.29, 1.82) is 0 Å². The highest BCUT2D eigenvalue weighted by molar-refractivity contribution is 4.99. The van der Waals surface area contributed by atoms with Gasteiger partial charge in [0.2, 0.25) is 0 Å². The van der Waals surface area contributed by atoms with E-state index in [2.05, 4.69) is 23.0 Å². The molecule has 1 saturated carbocycles. The van der Waals surface area contributed by atoms with Crippen LogP contribution in [0.15, 0.2) is 12.3 Å². The van der Waals surface area contributed by atoms with Crippen molar-refractivity contribution in [2.24, 2.45) is 12.8 Å². The van der Waals surface area contributed by atoms with Crippen molar-refractivity contribution in [1.82, 2.24) is 14.7 Å². The molecular formula is C13H24N4. The van der Waals surface area contributed by atoms with Crippen LogP contribution in [0.4, 0.5) is 0 Å². The zero-order valence-electron chi connectivity index (χ0n) is 11.0. The van der Waals surface area contributed by atoms with Gasteiger partial charge in [-0.25, -0.2) is 0 Å². The van der Waals surface area contributed by atoms with Gasteiger partial charge < -0.3 is 5.73 Å². The first-order chi connectivity index (χ1) is 8.19. The highest BCUT2D eigenvalue weighted by atomic mass is 15.3. The molecule has 2 rings (SSSR count). The minimum absolute atomic E-state index is 0.430. The van der Waals surface area contributed by atoms with Gasteiger partial charge in [0.15, 0.2) is 0 Å². The Morgan fingerprint density at radius 2 is 2.12 bits per heavy atom.